The summed E-state index contributed by atoms with van der Waals surface area (Å²) in [5.74, 6) is 1.47. The van der Waals surface area contributed by atoms with Crippen molar-refractivity contribution in [2.45, 2.75) is 39.2 Å². The zero-order valence-corrected chi connectivity index (χ0v) is 12.0. The first-order valence-electron chi connectivity index (χ1n) is 7.34. The maximum Gasteiger partial charge on any atom is 0.143 e. The van der Waals surface area contributed by atoms with Gasteiger partial charge < -0.3 is 5.32 Å². The van der Waals surface area contributed by atoms with Gasteiger partial charge in [-0.15, -0.1) is 5.10 Å². The van der Waals surface area contributed by atoms with E-state index in [9.17, 15) is 0 Å². The predicted molar refractivity (Wildman–Crippen MR) is 78.7 cm³/mol. The van der Waals surface area contributed by atoms with Crippen LogP contribution in [0.5, 0.6) is 0 Å². The lowest BCUT2D eigenvalue weighted by atomic mass is 9.78. The Morgan fingerprint density at radius 1 is 1.10 bits per heavy atom. The highest BCUT2D eigenvalue weighted by atomic mass is 15.5. The number of hydrogen-bond donors (Lipinski definition) is 1. The molecule has 2 unspecified atom stereocenters. The van der Waals surface area contributed by atoms with Crippen LogP contribution in [0.4, 0.5) is 5.69 Å². The molecule has 0 bridgehead atoms. The predicted octanol–water partition coefficient (Wildman–Crippen LogP) is 2.90. The molecule has 2 atom stereocenters. The second-order valence-electron chi connectivity index (χ2n) is 5.86. The van der Waals surface area contributed by atoms with Crippen LogP contribution in [0.2, 0.25) is 0 Å². The lowest BCUT2D eigenvalue weighted by Crippen LogP contribution is -2.37. The van der Waals surface area contributed by atoms with E-state index in [1.807, 2.05) is 12.1 Å². The number of aromatic nitrogens is 4. The Kier molecular flexibility index (Phi) is 3.67. The van der Waals surface area contributed by atoms with Gasteiger partial charge in [-0.3, -0.25) is 0 Å². The Balaban J connectivity index is 1.71. The van der Waals surface area contributed by atoms with E-state index in [-0.39, 0.29) is 0 Å². The Morgan fingerprint density at radius 3 is 2.40 bits per heavy atom. The van der Waals surface area contributed by atoms with Crippen molar-refractivity contribution in [1.29, 1.82) is 0 Å². The van der Waals surface area contributed by atoms with Crippen molar-refractivity contribution < 1.29 is 0 Å². The number of nitrogens with one attached hydrogen (secondary N) is 1. The van der Waals surface area contributed by atoms with E-state index in [4.69, 9.17) is 0 Å². The molecule has 1 saturated carbocycles. The van der Waals surface area contributed by atoms with Gasteiger partial charge in [-0.1, -0.05) is 20.3 Å². The average molecular weight is 271 g/mol. The third-order valence-corrected chi connectivity index (χ3v) is 4.36. The van der Waals surface area contributed by atoms with Gasteiger partial charge in [0.05, 0.1) is 5.69 Å². The monoisotopic (exact) mass is 271 g/mol. The fourth-order valence-electron chi connectivity index (χ4n) is 3.15. The lowest BCUT2D eigenvalue weighted by Gasteiger charge is -2.35. The molecule has 1 aliphatic carbocycles. The molecule has 1 N–H and O–H groups in total. The topological polar surface area (TPSA) is 55.6 Å². The van der Waals surface area contributed by atoms with Crippen LogP contribution in [-0.2, 0) is 0 Å². The molecule has 1 aliphatic rings. The van der Waals surface area contributed by atoms with Gasteiger partial charge in [0.2, 0.25) is 0 Å². The lowest BCUT2D eigenvalue weighted by molar-refractivity contribution is 0.268. The molecule has 1 aromatic carbocycles. The van der Waals surface area contributed by atoms with Gasteiger partial charge >= 0.3 is 0 Å². The summed E-state index contributed by atoms with van der Waals surface area (Å²) in [6.45, 7) is 4.70. The van der Waals surface area contributed by atoms with Crippen LogP contribution in [-0.4, -0.2) is 26.2 Å². The van der Waals surface area contributed by atoms with Gasteiger partial charge in [0.15, 0.2) is 0 Å². The molecule has 1 heterocycles. The molecular formula is C15H21N5. The minimum Gasteiger partial charge on any atom is -0.382 e. The largest absolute Gasteiger partial charge is 0.382 e. The number of nitrogens with zero attached hydrogens (tertiary/aromatic N) is 4. The highest BCUT2D eigenvalue weighted by Crippen LogP contribution is 2.31. The van der Waals surface area contributed by atoms with Crippen LogP contribution in [0.25, 0.3) is 5.69 Å². The second-order valence-corrected chi connectivity index (χ2v) is 5.86. The van der Waals surface area contributed by atoms with Crippen LogP contribution in [0, 0.1) is 11.8 Å². The summed E-state index contributed by atoms with van der Waals surface area (Å²) in [5, 5.41) is 14.9. The van der Waals surface area contributed by atoms with Crippen molar-refractivity contribution in [2.75, 3.05) is 5.32 Å². The average Bonchev–Trinajstić information content (AvgIpc) is 2.98. The fraction of sp³-hybridized carbons (Fsp3) is 0.533. The first-order valence-corrected chi connectivity index (χ1v) is 7.34. The molecule has 1 fully saturated rings. The summed E-state index contributed by atoms with van der Waals surface area (Å²) in [4.78, 5) is 0. The van der Waals surface area contributed by atoms with Crippen molar-refractivity contribution in [1.82, 2.24) is 20.2 Å². The summed E-state index contributed by atoms with van der Waals surface area (Å²) in [5.41, 5.74) is 2.15. The molecule has 0 amide bonds. The van der Waals surface area contributed by atoms with Gasteiger partial charge in [-0.05, 0) is 59.4 Å². The van der Waals surface area contributed by atoms with Gasteiger partial charge in [0.1, 0.15) is 6.33 Å². The standard InChI is InChI=1S/C15H21N5/c1-11-4-3-5-12(2)15(11)17-13-6-8-14(9-7-13)20-10-16-18-19-20/h6-12,15,17H,3-5H2,1-2H3. The summed E-state index contributed by atoms with van der Waals surface area (Å²) >= 11 is 0. The van der Waals surface area contributed by atoms with Gasteiger partial charge in [-0.25, -0.2) is 4.68 Å². The molecule has 0 saturated heterocycles. The van der Waals surface area contributed by atoms with E-state index in [2.05, 4.69) is 46.8 Å². The van der Waals surface area contributed by atoms with Gasteiger partial charge in [-0.2, -0.15) is 0 Å². The Hall–Kier alpha value is -1.91. The molecule has 5 heteroatoms. The molecule has 1 aromatic heterocycles. The zero-order valence-electron chi connectivity index (χ0n) is 12.0. The van der Waals surface area contributed by atoms with E-state index >= 15 is 0 Å². The number of anilines is 1. The molecule has 5 nitrogen and oxygen atoms in total. The molecule has 0 aliphatic heterocycles. The third-order valence-electron chi connectivity index (χ3n) is 4.36. The van der Waals surface area contributed by atoms with Gasteiger partial charge in [0.25, 0.3) is 0 Å². The smallest absolute Gasteiger partial charge is 0.143 e. The van der Waals surface area contributed by atoms with E-state index < -0.39 is 0 Å². The normalized spacial score (nSPS) is 26.4. The van der Waals surface area contributed by atoms with Crippen molar-refractivity contribution >= 4 is 5.69 Å². The number of rotatable bonds is 3. The van der Waals surface area contributed by atoms with Crippen LogP contribution in [0.3, 0.4) is 0 Å². The second kappa shape index (κ2) is 5.61. The van der Waals surface area contributed by atoms with E-state index in [0.29, 0.717) is 6.04 Å². The number of hydrogen-bond acceptors (Lipinski definition) is 4. The number of benzene rings is 1. The summed E-state index contributed by atoms with van der Waals surface area (Å²) < 4.78 is 1.66. The van der Waals surface area contributed by atoms with Crippen LogP contribution >= 0.6 is 0 Å². The van der Waals surface area contributed by atoms with E-state index in [1.165, 1.54) is 24.9 Å². The molecule has 20 heavy (non-hydrogen) atoms. The zero-order chi connectivity index (χ0) is 13.9. The summed E-state index contributed by atoms with van der Waals surface area (Å²) in [6, 6.07) is 8.85. The van der Waals surface area contributed by atoms with E-state index in [0.717, 1.165) is 17.5 Å². The Morgan fingerprint density at radius 2 is 1.80 bits per heavy atom. The van der Waals surface area contributed by atoms with Crippen molar-refractivity contribution in [3.8, 4) is 5.69 Å². The maximum absolute atomic E-state index is 3.89. The molecule has 2 aromatic rings. The van der Waals surface area contributed by atoms with E-state index in [1.54, 1.807) is 11.0 Å². The number of tetrazole rings is 1. The maximum atomic E-state index is 3.89. The van der Waals surface area contributed by atoms with Gasteiger partial charge in [0, 0.05) is 11.7 Å². The summed E-state index contributed by atoms with van der Waals surface area (Å²) in [7, 11) is 0. The van der Waals surface area contributed by atoms with Crippen LogP contribution in [0.1, 0.15) is 33.1 Å². The highest BCUT2D eigenvalue weighted by Gasteiger charge is 2.27. The highest BCUT2D eigenvalue weighted by molar-refractivity contribution is 5.49. The molecule has 0 spiro atoms. The molecule has 0 radical (unpaired) electrons. The Labute approximate surface area is 119 Å². The molecule has 106 valence electrons. The molecular weight excluding hydrogens is 250 g/mol. The van der Waals surface area contributed by atoms with Crippen molar-refractivity contribution in [3.05, 3.63) is 30.6 Å². The first-order chi connectivity index (χ1) is 9.74. The Bertz CT molecular complexity index is 524. The minimum absolute atomic E-state index is 0.572. The van der Waals surface area contributed by atoms with Crippen molar-refractivity contribution in [3.63, 3.8) is 0 Å². The molecule has 3 rings (SSSR count). The van der Waals surface area contributed by atoms with Crippen LogP contribution < -0.4 is 5.32 Å². The third kappa shape index (κ3) is 2.66. The SMILES string of the molecule is CC1CCCC(C)C1Nc1ccc(-n2cnnn2)cc1. The first kappa shape index (κ1) is 13.1. The quantitative estimate of drug-likeness (QED) is 0.932. The minimum atomic E-state index is 0.572. The fourth-order valence-corrected chi connectivity index (χ4v) is 3.15. The summed E-state index contributed by atoms with van der Waals surface area (Å²) in [6.07, 6.45) is 5.61. The van der Waals surface area contributed by atoms with Crippen LogP contribution in [0.15, 0.2) is 30.6 Å². The van der Waals surface area contributed by atoms with Crippen molar-refractivity contribution in [2.24, 2.45) is 11.8 Å².